The number of nitrogens with one attached hydrogen (secondary N) is 1. The van der Waals surface area contributed by atoms with E-state index >= 15 is 0 Å². The molecular weight excluding hydrogens is 208 g/mol. The lowest BCUT2D eigenvalue weighted by Crippen LogP contribution is -2.49. The lowest BCUT2D eigenvalue weighted by molar-refractivity contribution is -0.127. The highest BCUT2D eigenvalue weighted by Crippen LogP contribution is 2.34. The molecule has 94 valence electrons. The molecular formula is C11H22N2O3. The van der Waals surface area contributed by atoms with Crippen molar-refractivity contribution in [1.82, 2.24) is 5.32 Å². The van der Waals surface area contributed by atoms with Crippen molar-refractivity contribution >= 4 is 5.91 Å². The number of hydrogen-bond donors (Lipinski definition) is 2. The third kappa shape index (κ3) is 3.43. The predicted molar refractivity (Wildman–Crippen MR) is 61.1 cm³/mol. The number of methoxy groups -OCH3 is 2. The molecule has 1 fully saturated rings. The van der Waals surface area contributed by atoms with Crippen LogP contribution < -0.4 is 11.1 Å². The van der Waals surface area contributed by atoms with E-state index in [1.807, 2.05) is 0 Å². The number of carbonyl (C=O) groups excluding carboxylic acids is 1. The maximum Gasteiger partial charge on any atom is 0.222 e. The van der Waals surface area contributed by atoms with Gasteiger partial charge in [0.15, 0.2) is 0 Å². The molecule has 0 heterocycles. The first-order chi connectivity index (χ1) is 7.65. The lowest BCUT2D eigenvalue weighted by atomic mass is 9.80. The highest BCUT2D eigenvalue weighted by atomic mass is 16.5. The topological polar surface area (TPSA) is 73.6 Å². The van der Waals surface area contributed by atoms with Gasteiger partial charge in [0.25, 0.3) is 0 Å². The molecule has 1 rings (SSSR count). The summed E-state index contributed by atoms with van der Waals surface area (Å²) in [5.74, 6) is -0.0272. The van der Waals surface area contributed by atoms with E-state index < -0.39 is 0 Å². The SMILES string of the molecule is COC(CN)CC(=O)NCC1(OC)CCC1. The van der Waals surface area contributed by atoms with Crippen LogP contribution >= 0.6 is 0 Å². The van der Waals surface area contributed by atoms with Crippen molar-refractivity contribution in [2.45, 2.75) is 37.4 Å². The van der Waals surface area contributed by atoms with E-state index in [1.54, 1.807) is 14.2 Å². The fraction of sp³-hybridized carbons (Fsp3) is 0.909. The molecule has 5 nitrogen and oxygen atoms in total. The minimum Gasteiger partial charge on any atom is -0.380 e. The van der Waals surface area contributed by atoms with Crippen molar-refractivity contribution < 1.29 is 14.3 Å². The summed E-state index contributed by atoms with van der Waals surface area (Å²) in [7, 11) is 3.26. The molecule has 0 aromatic heterocycles. The van der Waals surface area contributed by atoms with E-state index in [0.717, 1.165) is 12.8 Å². The van der Waals surface area contributed by atoms with E-state index in [-0.39, 0.29) is 17.6 Å². The Labute approximate surface area is 96.7 Å². The van der Waals surface area contributed by atoms with Gasteiger partial charge in [0, 0.05) is 27.3 Å². The number of amides is 1. The third-order valence-electron chi connectivity index (χ3n) is 3.31. The van der Waals surface area contributed by atoms with Crippen LogP contribution in [0.2, 0.25) is 0 Å². The molecule has 1 saturated carbocycles. The van der Waals surface area contributed by atoms with Crippen LogP contribution in [0.1, 0.15) is 25.7 Å². The summed E-state index contributed by atoms with van der Waals surface area (Å²) in [5.41, 5.74) is 5.32. The van der Waals surface area contributed by atoms with E-state index in [2.05, 4.69) is 5.32 Å². The molecule has 1 aliphatic rings. The molecule has 16 heavy (non-hydrogen) atoms. The number of hydrogen-bond acceptors (Lipinski definition) is 4. The highest BCUT2D eigenvalue weighted by Gasteiger charge is 2.37. The molecule has 0 spiro atoms. The summed E-state index contributed by atoms with van der Waals surface area (Å²) in [6.07, 6.45) is 3.34. The van der Waals surface area contributed by atoms with Crippen molar-refractivity contribution in [2.24, 2.45) is 5.73 Å². The number of nitrogens with two attached hydrogens (primary N) is 1. The standard InChI is InChI=1S/C11H22N2O3/c1-15-9(7-12)6-10(14)13-8-11(16-2)4-3-5-11/h9H,3-8,12H2,1-2H3,(H,13,14). The van der Waals surface area contributed by atoms with Crippen LogP contribution in [0.4, 0.5) is 0 Å². The molecule has 1 unspecified atom stereocenters. The van der Waals surface area contributed by atoms with Crippen molar-refractivity contribution in [1.29, 1.82) is 0 Å². The second kappa shape index (κ2) is 6.18. The Balaban J connectivity index is 2.24. The highest BCUT2D eigenvalue weighted by molar-refractivity contribution is 5.76. The molecule has 0 aromatic carbocycles. The van der Waals surface area contributed by atoms with Crippen LogP contribution in [-0.2, 0) is 14.3 Å². The van der Waals surface area contributed by atoms with E-state index in [4.69, 9.17) is 15.2 Å². The van der Waals surface area contributed by atoms with Crippen molar-refractivity contribution in [3.05, 3.63) is 0 Å². The van der Waals surface area contributed by atoms with Crippen LogP contribution in [0.25, 0.3) is 0 Å². The largest absolute Gasteiger partial charge is 0.380 e. The Morgan fingerprint density at radius 2 is 2.19 bits per heavy atom. The van der Waals surface area contributed by atoms with Gasteiger partial charge >= 0.3 is 0 Å². The van der Waals surface area contributed by atoms with Crippen molar-refractivity contribution in [3.8, 4) is 0 Å². The first-order valence-electron chi connectivity index (χ1n) is 5.70. The van der Waals surface area contributed by atoms with Gasteiger partial charge in [-0.05, 0) is 19.3 Å². The fourth-order valence-corrected chi connectivity index (χ4v) is 1.83. The van der Waals surface area contributed by atoms with E-state index in [9.17, 15) is 4.79 Å². The monoisotopic (exact) mass is 230 g/mol. The molecule has 1 aliphatic carbocycles. The van der Waals surface area contributed by atoms with Gasteiger partial charge < -0.3 is 20.5 Å². The zero-order chi connectivity index (χ0) is 12.0. The second-order valence-electron chi connectivity index (χ2n) is 4.31. The Morgan fingerprint density at radius 3 is 2.56 bits per heavy atom. The van der Waals surface area contributed by atoms with Crippen LogP contribution in [0.15, 0.2) is 0 Å². The quantitative estimate of drug-likeness (QED) is 0.647. The van der Waals surface area contributed by atoms with Gasteiger partial charge in [-0.15, -0.1) is 0 Å². The predicted octanol–water partition coefficient (Wildman–Crippen LogP) is 0.0355. The van der Waals surface area contributed by atoms with Crippen LogP contribution in [0.3, 0.4) is 0 Å². The third-order valence-corrected chi connectivity index (χ3v) is 3.31. The van der Waals surface area contributed by atoms with Gasteiger partial charge in [-0.25, -0.2) is 0 Å². The second-order valence-corrected chi connectivity index (χ2v) is 4.31. The number of ether oxygens (including phenoxy) is 2. The van der Waals surface area contributed by atoms with Gasteiger partial charge in [0.05, 0.1) is 18.1 Å². The zero-order valence-corrected chi connectivity index (χ0v) is 10.1. The molecule has 5 heteroatoms. The number of rotatable bonds is 7. The molecule has 1 amide bonds. The Bertz CT molecular complexity index is 220. The van der Waals surface area contributed by atoms with Crippen LogP contribution in [0, 0.1) is 0 Å². The first kappa shape index (κ1) is 13.4. The summed E-state index contributed by atoms with van der Waals surface area (Å²) < 4.78 is 10.5. The van der Waals surface area contributed by atoms with Gasteiger partial charge in [-0.1, -0.05) is 0 Å². The molecule has 0 aliphatic heterocycles. The first-order valence-corrected chi connectivity index (χ1v) is 5.70. The smallest absolute Gasteiger partial charge is 0.222 e. The van der Waals surface area contributed by atoms with Crippen molar-refractivity contribution in [3.63, 3.8) is 0 Å². The summed E-state index contributed by atoms with van der Waals surface area (Å²) >= 11 is 0. The van der Waals surface area contributed by atoms with Crippen LogP contribution in [-0.4, -0.2) is 44.9 Å². The summed E-state index contributed by atoms with van der Waals surface area (Å²) in [5, 5.41) is 2.88. The van der Waals surface area contributed by atoms with Crippen molar-refractivity contribution in [2.75, 3.05) is 27.3 Å². The zero-order valence-electron chi connectivity index (χ0n) is 10.1. The summed E-state index contributed by atoms with van der Waals surface area (Å²) in [4.78, 5) is 11.6. The number of carbonyl (C=O) groups is 1. The van der Waals surface area contributed by atoms with Crippen LogP contribution in [0.5, 0.6) is 0 Å². The summed E-state index contributed by atoms with van der Waals surface area (Å²) in [6.45, 7) is 0.947. The Kier molecular flexibility index (Phi) is 5.18. The fourth-order valence-electron chi connectivity index (χ4n) is 1.83. The average Bonchev–Trinajstić information content (AvgIpc) is 2.25. The Hall–Kier alpha value is -0.650. The lowest BCUT2D eigenvalue weighted by Gasteiger charge is -2.40. The molecule has 1 atom stereocenters. The van der Waals surface area contributed by atoms with Gasteiger partial charge in [-0.2, -0.15) is 0 Å². The molecule has 0 saturated heterocycles. The minimum atomic E-state index is -0.195. The molecule has 0 aromatic rings. The van der Waals surface area contributed by atoms with Gasteiger partial charge in [0.1, 0.15) is 0 Å². The van der Waals surface area contributed by atoms with E-state index in [0.29, 0.717) is 19.5 Å². The molecule has 0 radical (unpaired) electrons. The minimum absolute atomic E-state index is 0.0272. The maximum atomic E-state index is 11.6. The molecule has 3 N–H and O–H groups in total. The van der Waals surface area contributed by atoms with Gasteiger partial charge in [0.2, 0.25) is 5.91 Å². The summed E-state index contributed by atoms with van der Waals surface area (Å²) in [6, 6.07) is 0. The average molecular weight is 230 g/mol. The Morgan fingerprint density at radius 1 is 1.50 bits per heavy atom. The maximum absolute atomic E-state index is 11.6. The molecule has 0 bridgehead atoms. The van der Waals surface area contributed by atoms with Gasteiger partial charge in [-0.3, -0.25) is 4.79 Å². The normalized spacial score (nSPS) is 19.9. The van der Waals surface area contributed by atoms with E-state index in [1.165, 1.54) is 6.42 Å².